The first kappa shape index (κ1) is 15.6. The van der Waals surface area contributed by atoms with Crippen LogP contribution in [0.3, 0.4) is 0 Å². The number of hydrogen-bond acceptors (Lipinski definition) is 2. The van der Waals surface area contributed by atoms with E-state index in [0.29, 0.717) is 23.4 Å². The minimum Gasteiger partial charge on any atom is -0.357 e. The van der Waals surface area contributed by atoms with Crippen LogP contribution in [0.5, 0.6) is 0 Å². The van der Waals surface area contributed by atoms with E-state index in [1.54, 1.807) is 24.4 Å². The molecule has 0 saturated carbocycles. The Morgan fingerprint density at radius 3 is 2.68 bits per heavy atom. The fourth-order valence-corrected chi connectivity index (χ4v) is 3.22. The molecule has 1 amide bonds. The number of aromatic nitrogens is 2. The monoisotopic (exact) mass is 335 g/mol. The molecule has 2 N–H and O–H groups in total. The summed E-state index contributed by atoms with van der Waals surface area (Å²) in [6.45, 7) is 4.77. The molecule has 0 spiro atoms. The number of pyridine rings is 1. The maximum absolute atomic E-state index is 14.0. The van der Waals surface area contributed by atoms with Crippen molar-refractivity contribution in [3.63, 3.8) is 0 Å². The predicted octanol–water partition coefficient (Wildman–Crippen LogP) is 3.90. The fraction of sp³-hybridized carbons (Fsp3) is 0.200. The molecule has 1 aliphatic rings. The zero-order chi connectivity index (χ0) is 17.6. The van der Waals surface area contributed by atoms with Gasteiger partial charge in [-0.15, -0.1) is 0 Å². The SMILES string of the molecule is CC1(C)CNC(=O)c2cc(-c3ccnc(-c4ccccc4F)c3)[nH]c21. The van der Waals surface area contributed by atoms with E-state index < -0.39 is 0 Å². The largest absolute Gasteiger partial charge is 0.357 e. The molecule has 4 nitrogen and oxygen atoms in total. The van der Waals surface area contributed by atoms with Crippen molar-refractivity contribution in [2.24, 2.45) is 0 Å². The van der Waals surface area contributed by atoms with Crippen molar-refractivity contribution < 1.29 is 9.18 Å². The number of carbonyl (C=O) groups is 1. The maximum Gasteiger partial charge on any atom is 0.253 e. The van der Waals surface area contributed by atoms with E-state index in [2.05, 4.69) is 29.1 Å². The number of fused-ring (bicyclic) bond motifs is 1. The van der Waals surface area contributed by atoms with Crippen molar-refractivity contribution in [3.05, 3.63) is 65.7 Å². The van der Waals surface area contributed by atoms with Crippen LogP contribution in [-0.4, -0.2) is 22.4 Å². The van der Waals surface area contributed by atoms with Crippen LogP contribution in [0.4, 0.5) is 4.39 Å². The van der Waals surface area contributed by atoms with E-state index in [1.165, 1.54) is 6.07 Å². The molecule has 0 bridgehead atoms. The lowest BCUT2D eigenvalue weighted by Gasteiger charge is -2.29. The molecule has 0 aliphatic carbocycles. The van der Waals surface area contributed by atoms with E-state index in [0.717, 1.165) is 17.0 Å². The molecule has 0 unspecified atom stereocenters. The highest BCUT2D eigenvalue weighted by Crippen LogP contribution is 2.33. The summed E-state index contributed by atoms with van der Waals surface area (Å²) in [6, 6.07) is 12.1. The van der Waals surface area contributed by atoms with Gasteiger partial charge >= 0.3 is 0 Å². The zero-order valence-corrected chi connectivity index (χ0v) is 14.1. The molecule has 2 aromatic heterocycles. The second-order valence-electron chi connectivity index (χ2n) is 6.95. The summed E-state index contributed by atoms with van der Waals surface area (Å²) in [5.74, 6) is -0.376. The molecule has 25 heavy (non-hydrogen) atoms. The van der Waals surface area contributed by atoms with Crippen LogP contribution < -0.4 is 5.32 Å². The molecule has 0 saturated heterocycles. The number of rotatable bonds is 2. The van der Waals surface area contributed by atoms with Gasteiger partial charge in [0.05, 0.1) is 11.3 Å². The van der Waals surface area contributed by atoms with Gasteiger partial charge in [0.15, 0.2) is 0 Å². The first-order valence-corrected chi connectivity index (χ1v) is 8.19. The summed E-state index contributed by atoms with van der Waals surface area (Å²) in [5.41, 5.74) is 4.14. The van der Waals surface area contributed by atoms with E-state index in [9.17, 15) is 9.18 Å². The highest BCUT2D eigenvalue weighted by Gasteiger charge is 2.33. The Kier molecular flexibility index (Phi) is 3.46. The lowest BCUT2D eigenvalue weighted by Crippen LogP contribution is -2.43. The molecule has 5 heteroatoms. The molecule has 126 valence electrons. The van der Waals surface area contributed by atoms with Gasteiger partial charge in [0.1, 0.15) is 5.82 Å². The highest BCUT2D eigenvalue weighted by molar-refractivity contribution is 5.98. The number of aromatic amines is 1. The normalized spacial score (nSPS) is 15.6. The summed E-state index contributed by atoms with van der Waals surface area (Å²) in [6.07, 6.45) is 1.65. The molecule has 4 rings (SSSR count). The van der Waals surface area contributed by atoms with Crippen molar-refractivity contribution in [1.29, 1.82) is 0 Å². The number of carbonyl (C=O) groups excluding carboxylic acids is 1. The van der Waals surface area contributed by atoms with Crippen LogP contribution in [0.1, 0.15) is 29.9 Å². The van der Waals surface area contributed by atoms with Crippen LogP contribution in [0.2, 0.25) is 0 Å². The van der Waals surface area contributed by atoms with E-state index in [1.807, 2.05) is 18.2 Å². The van der Waals surface area contributed by atoms with Gasteiger partial charge in [0, 0.05) is 40.7 Å². The second kappa shape index (κ2) is 5.55. The van der Waals surface area contributed by atoms with Crippen molar-refractivity contribution >= 4 is 5.91 Å². The molecule has 3 aromatic rings. The lowest BCUT2D eigenvalue weighted by molar-refractivity contribution is 0.0929. The van der Waals surface area contributed by atoms with Gasteiger partial charge in [-0.1, -0.05) is 26.0 Å². The number of halogens is 1. The summed E-state index contributed by atoms with van der Waals surface area (Å²) in [5, 5.41) is 2.92. The number of hydrogen-bond donors (Lipinski definition) is 2. The zero-order valence-electron chi connectivity index (χ0n) is 14.1. The van der Waals surface area contributed by atoms with Gasteiger partial charge in [0.25, 0.3) is 5.91 Å². The molecular weight excluding hydrogens is 317 g/mol. The standard InChI is InChI=1S/C20H18FN3O/c1-20(2)11-23-19(25)14-10-16(24-18(14)20)12-7-8-22-17(9-12)13-5-3-4-6-15(13)21/h3-10,24H,11H2,1-2H3,(H,23,25). The number of H-pyrrole nitrogens is 1. The Bertz CT molecular complexity index is 975. The van der Waals surface area contributed by atoms with E-state index in [4.69, 9.17) is 0 Å². The number of amides is 1. The van der Waals surface area contributed by atoms with Gasteiger partial charge in [-0.2, -0.15) is 0 Å². The number of benzene rings is 1. The van der Waals surface area contributed by atoms with Gasteiger partial charge in [0.2, 0.25) is 0 Å². The molecular formula is C20H18FN3O. The summed E-state index contributed by atoms with van der Waals surface area (Å²) in [7, 11) is 0. The van der Waals surface area contributed by atoms with Crippen LogP contribution in [-0.2, 0) is 5.41 Å². The Morgan fingerprint density at radius 1 is 1.12 bits per heavy atom. The van der Waals surface area contributed by atoms with Gasteiger partial charge in [-0.25, -0.2) is 4.39 Å². The van der Waals surface area contributed by atoms with Crippen molar-refractivity contribution in [2.45, 2.75) is 19.3 Å². The number of nitrogens with one attached hydrogen (secondary N) is 2. The Morgan fingerprint density at radius 2 is 1.92 bits per heavy atom. The minimum absolute atomic E-state index is 0.0693. The quantitative estimate of drug-likeness (QED) is 0.746. The van der Waals surface area contributed by atoms with Crippen LogP contribution >= 0.6 is 0 Å². The molecule has 0 radical (unpaired) electrons. The third kappa shape index (κ3) is 2.61. The smallest absolute Gasteiger partial charge is 0.253 e. The minimum atomic E-state index is -0.307. The number of nitrogens with zero attached hydrogens (tertiary/aromatic N) is 1. The molecule has 1 aliphatic heterocycles. The molecule has 0 atom stereocenters. The summed E-state index contributed by atoms with van der Waals surface area (Å²) in [4.78, 5) is 19.8. The third-order valence-electron chi connectivity index (χ3n) is 4.65. The molecule has 0 fully saturated rings. The molecule has 3 heterocycles. The van der Waals surface area contributed by atoms with Gasteiger partial charge in [-0.05, 0) is 30.3 Å². The van der Waals surface area contributed by atoms with E-state index >= 15 is 0 Å². The third-order valence-corrected chi connectivity index (χ3v) is 4.65. The van der Waals surface area contributed by atoms with Crippen molar-refractivity contribution in [3.8, 4) is 22.5 Å². The second-order valence-corrected chi connectivity index (χ2v) is 6.95. The fourth-order valence-electron chi connectivity index (χ4n) is 3.22. The van der Waals surface area contributed by atoms with Crippen LogP contribution in [0, 0.1) is 5.82 Å². The van der Waals surface area contributed by atoms with Gasteiger partial charge in [-0.3, -0.25) is 9.78 Å². The Balaban J connectivity index is 1.81. The van der Waals surface area contributed by atoms with Gasteiger partial charge < -0.3 is 10.3 Å². The Hall–Kier alpha value is -2.95. The summed E-state index contributed by atoms with van der Waals surface area (Å²) < 4.78 is 14.0. The van der Waals surface area contributed by atoms with Crippen LogP contribution in [0.25, 0.3) is 22.5 Å². The molecule has 1 aromatic carbocycles. The van der Waals surface area contributed by atoms with Crippen molar-refractivity contribution in [1.82, 2.24) is 15.3 Å². The van der Waals surface area contributed by atoms with E-state index in [-0.39, 0.29) is 17.1 Å². The average molecular weight is 335 g/mol. The highest BCUT2D eigenvalue weighted by atomic mass is 19.1. The van der Waals surface area contributed by atoms with Crippen molar-refractivity contribution in [2.75, 3.05) is 6.54 Å². The first-order valence-electron chi connectivity index (χ1n) is 8.19. The summed E-state index contributed by atoms with van der Waals surface area (Å²) >= 11 is 0. The maximum atomic E-state index is 14.0. The predicted molar refractivity (Wildman–Crippen MR) is 94.8 cm³/mol. The Labute approximate surface area is 145 Å². The topological polar surface area (TPSA) is 57.8 Å². The first-order chi connectivity index (χ1) is 12.0. The average Bonchev–Trinajstić information content (AvgIpc) is 3.07. The van der Waals surface area contributed by atoms with Crippen LogP contribution in [0.15, 0.2) is 48.7 Å². The lowest BCUT2D eigenvalue weighted by atomic mass is 9.84.